The maximum atomic E-state index is 12.5. The van der Waals surface area contributed by atoms with Gasteiger partial charge in [0.2, 0.25) is 0 Å². The first kappa shape index (κ1) is 11.6. The van der Waals surface area contributed by atoms with Crippen LogP contribution in [0.2, 0.25) is 0 Å². The molecule has 0 fully saturated rings. The molecule has 0 saturated heterocycles. The van der Waals surface area contributed by atoms with Gasteiger partial charge in [-0.1, -0.05) is 0 Å². The summed E-state index contributed by atoms with van der Waals surface area (Å²) >= 11 is 0. The van der Waals surface area contributed by atoms with Crippen LogP contribution in [0.25, 0.3) is 0 Å². The number of hydrogen-bond donors (Lipinski definition) is 0. The summed E-state index contributed by atoms with van der Waals surface area (Å²) < 4.78 is 38.9. The molecule has 0 unspecified atom stereocenters. The Balaban J connectivity index is 3.16. The summed E-state index contributed by atoms with van der Waals surface area (Å²) in [5.41, 5.74) is -0.0921. The van der Waals surface area contributed by atoms with Gasteiger partial charge in [0, 0.05) is 7.05 Å². The third-order valence-corrected chi connectivity index (χ3v) is 2.39. The maximum Gasteiger partial charge on any atom is 0.341 e. The average Bonchev–Trinajstić information content (AvgIpc) is 2.45. The molecule has 0 N–H and O–H groups in total. The normalized spacial score (nSPS) is 11.4. The fourth-order valence-corrected chi connectivity index (χ4v) is 1.75. The minimum Gasteiger partial charge on any atom is -0.465 e. The van der Waals surface area contributed by atoms with Crippen LogP contribution in [-0.2, 0) is 27.8 Å². The van der Waals surface area contributed by atoms with Gasteiger partial charge in [-0.15, -0.1) is 3.89 Å². The number of nitrogens with zero attached hydrogens (tertiary/aromatic N) is 2. The Bertz CT molecular complexity index is 479. The van der Waals surface area contributed by atoms with Gasteiger partial charge in [-0.3, -0.25) is 4.68 Å². The van der Waals surface area contributed by atoms with Crippen molar-refractivity contribution in [2.75, 3.05) is 7.11 Å². The molecule has 0 aliphatic carbocycles. The molecule has 0 spiro atoms. The van der Waals surface area contributed by atoms with Crippen molar-refractivity contribution in [3.05, 3.63) is 17.5 Å². The SMILES string of the molecule is COC(=O)c1cnn(C)c1CS(=O)(=O)F. The van der Waals surface area contributed by atoms with Crippen LogP contribution in [0, 0.1) is 0 Å². The molecular weight excluding hydrogens is 227 g/mol. The molecule has 8 heteroatoms. The summed E-state index contributed by atoms with van der Waals surface area (Å²) in [7, 11) is -2.15. The van der Waals surface area contributed by atoms with E-state index in [9.17, 15) is 17.1 Å². The van der Waals surface area contributed by atoms with Crippen molar-refractivity contribution in [3.8, 4) is 0 Å². The zero-order valence-corrected chi connectivity index (χ0v) is 8.91. The predicted octanol–water partition coefficient (Wildman–Crippen LogP) is 0.00600. The number of rotatable bonds is 3. The van der Waals surface area contributed by atoms with Gasteiger partial charge in [-0.25, -0.2) is 4.79 Å². The van der Waals surface area contributed by atoms with E-state index in [1.54, 1.807) is 0 Å². The molecule has 0 bridgehead atoms. The number of hydrogen-bond acceptors (Lipinski definition) is 5. The van der Waals surface area contributed by atoms with E-state index >= 15 is 0 Å². The van der Waals surface area contributed by atoms with E-state index in [0.717, 1.165) is 18.0 Å². The van der Waals surface area contributed by atoms with Crippen molar-refractivity contribution in [1.82, 2.24) is 9.78 Å². The number of aromatic nitrogens is 2. The lowest BCUT2D eigenvalue weighted by Gasteiger charge is -2.01. The van der Waals surface area contributed by atoms with Crippen LogP contribution < -0.4 is 0 Å². The number of carbonyl (C=O) groups excluding carboxylic acids is 1. The summed E-state index contributed by atoms with van der Waals surface area (Å²) in [5, 5.41) is 3.65. The zero-order valence-electron chi connectivity index (χ0n) is 8.10. The van der Waals surface area contributed by atoms with Gasteiger partial charge in [-0.05, 0) is 0 Å². The van der Waals surface area contributed by atoms with Crippen LogP contribution >= 0.6 is 0 Å². The quantitative estimate of drug-likeness (QED) is 0.545. The van der Waals surface area contributed by atoms with Crippen molar-refractivity contribution in [2.24, 2.45) is 7.05 Å². The van der Waals surface area contributed by atoms with E-state index in [2.05, 4.69) is 9.84 Å². The minimum atomic E-state index is -4.70. The molecule has 0 aliphatic heterocycles. The molecular formula is C7H9FN2O4S. The number of carbonyl (C=O) groups is 1. The first-order valence-corrected chi connectivity index (χ1v) is 5.42. The molecule has 1 aromatic heterocycles. The summed E-state index contributed by atoms with van der Waals surface area (Å²) in [6.07, 6.45) is 1.13. The number of ether oxygens (including phenoxy) is 1. The summed E-state index contributed by atoms with van der Waals surface area (Å²) in [4.78, 5) is 11.1. The second-order valence-electron chi connectivity index (χ2n) is 2.80. The van der Waals surface area contributed by atoms with Gasteiger partial charge < -0.3 is 4.74 Å². The summed E-state index contributed by atoms with van der Waals surface area (Å²) in [5.74, 6) is -1.64. The van der Waals surface area contributed by atoms with Gasteiger partial charge in [0.1, 0.15) is 11.3 Å². The highest BCUT2D eigenvalue weighted by Gasteiger charge is 2.21. The molecule has 0 aromatic carbocycles. The van der Waals surface area contributed by atoms with E-state index in [0.29, 0.717) is 0 Å². The van der Waals surface area contributed by atoms with Crippen molar-refractivity contribution in [1.29, 1.82) is 0 Å². The predicted molar refractivity (Wildman–Crippen MR) is 48.3 cm³/mol. The first-order valence-electron chi connectivity index (χ1n) is 3.86. The Morgan fingerprint density at radius 1 is 1.67 bits per heavy atom. The van der Waals surface area contributed by atoms with Gasteiger partial charge >= 0.3 is 16.2 Å². The molecule has 1 heterocycles. The second-order valence-corrected chi connectivity index (χ2v) is 4.17. The molecule has 6 nitrogen and oxygen atoms in total. The zero-order chi connectivity index (χ0) is 11.6. The van der Waals surface area contributed by atoms with Crippen molar-refractivity contribution in [2.45, 2.75) is 5.75 Å². The molecule has 0 amide bonds. The van der Waals surface area contributed by atoms with Gasteiger partial charge in [0.05, 0.1) is 19.0 Å². The minimum absolute atomic E-state index is 0.0376. The fraction of sp³-hybridized carbons (Fsp3) is 0.429. The highest BCUT2D eigenvalue weighted by atomic mass is 32.3. The molecule has 0 aliphatic rings. The number of halogens is 1. The van der Waals surface area contributed by atoms with Crippen LogP contribution in [0.15, 0.2) is 6.20 Å². The number of esters is 1. The summed E-state index contributed by atoms with van der Waals surface area (Å²) in [6, 6.07) is 0. The second kappa shape index (κ2) is 3.97. The van der Waals surface area contributed by atoms with Crippen LogP contribution in [0.3, 0.4) is 0 Å². The maximum absolute atomic E-state index is 12.5. The van der Waals surface area contributed by atoms with Gasteiger partial charge in [0.15, 0.2) is 0 Å². The summed E-state index contributed by atoms with van der Waals surface area (Å²) in [6.45, 7) is 0. The van der Waals surface area contributed by atoms with E-state index in [1.165, 1.54) is 7.05 Å². The standard InChI is InChI=1S/C7H9FN2O4S/c1-10-6(4-15(8,12)13)5(3-9-10)7(11)14-2/h3H,4H2,1-2H3. The lowest BCUT2D eigenvalue weighted by Crippen LogP contribution is -2.10. The third-order valence-electron chi connectivity index (χ3n) is 1.78. The van der Waals surface area contributed by atoms with Gasteiger partial charge in [0.25, 0.3) is 0 Å². The van der Waals surface area contributed by atoms with Crippen LogP contribution in [0.4, 0.5) is 3.89 Å². The molecule has 0 radical (unpaired) electrons. The highest BCUT2D eigenvalue weighted by Crippen LogP contribution is 2.13. The Morgan fingerprint density at radius 2 is 2.27 bits per heavy atom. The van der Waals surface area contributed by atoms with E-state index in [1.807, 2.05) is 0 Å². The topological polar surface area (TPSA) is 78.3 Å². The smallest absolute Gasteiger partial charge is 0.341 e. The molecule has 1 aromatic rings. The van der Waals surface area contributed by atoms with Crippen LogP contribution in [0.5, 0.6) is 0 Å². The third kappa shape index (κ3) is 2.75. The van der Waals surface area contributed by atoms with Crippen LogP contribution in [-0.4, -0.2) is 31.3 Å². The Kier molecular flexibility index (Phi) is 3.08. The molecule has 1 rings (SSSR count). The molecule has 84 valence electrons. The largest absolute Gasteiger partial charge is 0.465 e. The Labute approximate surface area is 85.9 Å². The highest BCUT2D eigenvalue weighted by molar-refractivity contribution is 7.85. The van der Waals surface area contributed by atoms with Crippen molar-refractivity contribution in [3.63, 3.8) is 0 Å². The fourth-order valence-electron chi connectivity index (χ4n) is 1.08. The molecule has 0 saturated carbocycles. The van der Waals surface area contributed by atoms with E-state index in [-0.39, 0.29) is 11.3 Å². The van der Waals surface area contributed by atoms with Gasteiger partial charge in [-0.2, -0.15) is 13.5 Å². The number of methoxy groups -OCH3 is 1. The first-order chi connectivity index (χ1) is 6.85. The van der Waals surface area contributed by atoms with Crippen molar-refractivity contribution >= 4 is 16.2 Å². The molecule has 15 heavy (non-hydrogen) atoms. The molecule has 0 atom stereocenters. The number of aryl methyl sites for hydroxylation is 1. The monoisotopic (exact) mass is 236 g/mol. The average molecular weight is 236 g/mol. The lowest BCUT2D eigenvalue weighted by atomic mass is 10.3. The Hall–Kier alpha value is -1.44. The Morgan fingerprint density at radius 3 is 2.73 bits per heavy atom. The van der Waals surface area contributed by atoms with E-state index in [4.69, 9.17) is 0 Å². The van der Waals surface area contributed by atoms with Crippen LogP contribution in [0.1, 0.15) is 16.1 Å². The lowest BCUT2D eigenvalue weighted by molar-refractivity contribution is 0.0599. The van der Waals surface area contributed by atoms with Crippen molar-refractivity contribution < 1.29 is 21.8 Å². The van der Waals surface area contributed by atoms with E-state index < -0.39 is 21.9 Å².